The summed E-state index contributed by atoms with van der Waals surface area (Å²) < 4.78 is 5.37. The SMILES string of the molecule is CCCNC(CCOc1ccc(C)cc1[N+](=O)[O-])C(=O)O. The first kappa shape index (κ1) is 16.9. The molecule has 2 N–H and O–H groups in total. The number of aryl methyl sites for hydroxylation is 1. The number of benzene rings is 1. The number of hydrogen-bond acceptors (Lipinski definition) is 5. The number of nitrogens with one attached hydrogen (secondary N) is 1. The van der Waals surface area contributed by atoms with Gasteiger partial charge in [-0.05, 0) is 31.5 Å². The third-order valence-electron chi connectivity index (χ3n) is 2.91. The first-order valence-electron chi connectivity index (χ1n) is 6.79. The Balaban J connectivity index is 2.62. The van der Waals surface area contributed by atoms with Crippen LogP contribution in [-0.4, -0.2) is 35.2 Å². The van der Waals surface area contributed by atoms with Crippen molar-refractivity contribution in [1.82, 2.24) is 5.32 Å². The molecular formula is C14H20N2O5. The second-order valence-electron chi connectivity index (χ2n) is 4.71. The molecule has 1 unspecified atom stereocenters. The molecular weight excluding hydrogens is 276 g/mol. The van der Waals surface area contributed by atoms with Crippen molar-refractivity contribution >= 4 is 11.7 Å². The summed E-state index contributed by atoms with van der Waals surface area (Å²) in [4.78, 5) is 21.5. The average molecular weight is 296 g/mol. The Bertz CT molecular complexity index is 504. The van der Waals surface area contributed by atoms with Gasteiger partial charge in [0.05, 0.1) is 11.5 Å². The molecule has 0 spiro atoms. The van der Waals surface area contributed by atoms with Gasteiger partial charge in [-0.1, -0.05) is 13.0 Å². The topological polar surface area (TPSA) is 102 Å². The van der Waals surface area contributed by atoms with Crippen LogP contribution in [0.25, 0.3) is 0 Å². The molecule has 1 aromatic carbocycles. The van der Waals surface area contributed by atoms with Gasteiger partial charge in [-0.15, -0.1) is 0 Å². The number of nitro groups is 1. The summed E-state index contributed by atoms with van der Waals surface area (Å²) in [6.07, 6.45) is 1.06. The second-order valence-corrected chi connectivity index (χ2v) is 4.71. The largest absolute Gasteiger partial charge is 0.487 e. The van der Waals surface area contributed by atoms with Gasteiger partial charge in [0.15, 0.2) is 5.75 Å². The monoisotopic (exact) mass is 296 g/mol. The zero-order chi connectivity index (χ0) is 15.8. The molecule has 7 heteroatoms. The predicted molar refractivity (Wildman–Crippen MR) is 77.7 cm³/mol. The van der Waals surface area contributed by atoms with E-state index < -0.39 is 16.9 Å². The van der Waals surface area contributed by atoms with Crippen molar-refractivity contribution in [1.29, 1.82) is 0 Å². The van der Waals surface area contributed by atoms with E-state index in [0.717, 1.165) is 12.0 Å². The van der Waals surface area contributed by atoms with Crippen molar-refractivity contribution in [2.75, 3.05) is 13.2 Å². The average Bonchev–Trinajstić information content (AvgIpc) is 2.43. The van der Waals surface area contributed by atoms with E-state index in [1.807, 2.05) is 6.92 Å². The van der Waals surface area contributed by atoms with Gasteiger partial charge in [0.1, 0.15) is 6.04 Å². The third kappa shape index (κ3) is 5.39. The Labute approximate surface area is 123 Å². The molecule has 0 bridgehead atoms. The van der Waals surface area contributed by atoms with E-state index in [2.05, 4.69) is 5.32 Å². The molecule has 0 saturated heterocycles. The van der Waals surface area contributed by atoms with Crippen LogP contribution in [0, 0.1) is 17.0 Å². The number of aliphatic carboxylic acids is 1. The fraction of sp³-hybridized carbons (Fsp3) is 0.500. The van der Waals surface area contributed by atoms with Gasteiger partial charge in [-0.3, -0.25) is 14.9 Å². The molecule has 116 valence electrons. The smallest absolute Gasteiger partial charge is 0.320 e. The highest BCUT2D eigenvalue weighted by atomic mass is 16.6. The molecule has 0 heterocycles. The molecule has 0 fully saturated rings. The fourth-order valence-electron chi connectivity index (χ4n) is 1.81. The molecule has 0 aliphatic rings. The van der Waals surface area contributed by atoms with Crippen LogP contribution in [0.2, 0.25) is 0 Å². The van der Waals surface area contributed by atoms with Crippen molar-refractivity contribution in [2.24, 2.45) is 0 Å². The van der Waals surface area contributed by atoms with Gasteiger partial charge >= 0.3 is 11.7 Å². The third-order valence-corrected chi connectivity index (χ3v) is 2.91. The standard InChI is InChI=1S/C14H20N2O5/c1-3-7-15-11(14(17)18)6-8-21-13-5-4-10(2)9-12(13)16(19)20/h4-5,9,11,15H,3,6-8H2,1-2H3,(H,17,18). The van der Waals surface area contributed by atoms with Gasteiger partial charge in [0.25, 0.3) is 0 Å². The number of carbonyl (C=O) groups is 1. The zero-order valence-corrected chi connectivity index (χ0v) is 12.2. The molecule has 1 rings (SSSR count). The minimum atomic E-state index is -0.953. The van der Waals surface area contributed by atoms with Crippen LogP contribution in [-0.2, 0) is 4.79 Å². The van der Waals surface area contributed by atoms with Gasteiger partial charge < -0.3 is 15.2 Å². The number of ether oxygens (including phenoxy) is 1. The summed E-state index contributed by atoms with van der Waals surface area (Å²) in [7, 11) is 0. The van der Waals surface area contributed by atoms with Crippen LogP contribution in [0.3, 0.4) is 0 Å². The molecule has 1 aromatic rings. The van der Waals surface area contributed by atoms with Gasteiger partial charge in [0, 0.05) is 12.5 Å². The summed E-state index contributed by atoms with van der Waals surface area (Å²) in [6, 6.07) is 3.96. The van der Waals surface area contributed by atoms with E-state index in [1.54, 1.807) is 13.0 Å². The van der Waals surface area contributed by atoms with E-state index >= 15 is 0 Å². The van der Waals surface area contributed by atoms with Crippen molar-refractivity contribution < 1.29 is 19.6 Å². The normalized spacial score (nSPS) is 11.9. The van der Waals surface area contributed by atoms with Crippen molar-refractivity contribution in [3.63, 3.8) is 0 Å². The van der Waals surface area contributed by atoms with Crippen LogP contribution >= 0.6 is 0 Å². The molecule has 21 heavy (non-hydrogen) atoms. The Hall–Kier alpha value is -2.15. The molecule has 0 aliphatic heterocycles. The molecule has 0 amide bonds. The second kappa shape index (κ2) is 8.21. The maximum Gasteiger partial charge on any atom is 0.320 e. The fourth-order valence-corrected chi connectivity index (χ4v) is 1.81. The Morgan fingerprint density at radius 3 is 2.81 bits per heavy atom. The van der Waals surface area contributed by atoms with E-state index in [0.29, 0.717) is 6.54 Å². The number of carboxylic acids is 1. The summed E-state index contributed by atoms with van der Waals surface area (Å²) in [5, 5.41) is 22.9. The van der Waals surface area contributed by atoms with Crippen LogP contribution in [0.5, 0.6) is 5.75 Å². The Kier molecular flexibility index (Phi) is 6.61. The van der Waals surface area contributed by atoms with Crippen LogP contribution in [0.1, 0.15) is 25.3 Å². The lowest BCUT2D eigenvalue weighted by Gasteiger charge is -2.14. The highest BCUT2D eigenvalue weighted by Gasteiger charge is 2.18. The number of carboxylic acid groups (broad SMARTS) is 1. The van der Waals surface area contributed by atoms with Gasteiger partial charge in [-0.2, -0.15) is 0 Å². The molecule has 7 nitrogen and oxygen atoms in total. The van der Waals surface area contributed by atoms with Crippen LogP contribution < -0.4 is 10.1 Å². The highest BCUT2D eigenvalue weighted by Crippen LogP contribution is 2.27. The molecule has 0 radical (unpaired) electrons. The lowest BCUT2D eigenvalue weighted by Crippen LogP contribution is -2.38. The maximum absolute atomic E-state index is 11.0. The van der Waals surface area contributed by atoms with Crippen molar-refractivity contribution in [3.05, 3.63) is 33.9 Å². The minimum absolute atomic E-state index is 0.0948. The Morgan fingerprint density at radius 2 is 2.24 bits per heavy atom. The quantitative estimate of drug-likeness (QED) is 0.534. The van der Waals surface area contributed by atoms with Crippen molar-refractivity contribution in [2.45, 2.75) is 32.7 Å². The first-order valence-corrected chi connectivity index (χ1v) is 6.79. The minimum Gasteiger partial charge on any atom is -0.487 e. The molecule has 0 aromatic heterocycles. The van der Waals surface area contributed by atoms with E-state index in [9.17, 15) is 14.9 Å². The van der Waals surface area contributed by atoms with Crippen LogP contribution in [0.15, 0.2) is 18.2 Å². The van der Waals surface area contributed by atoms with Crippen molar-refractivity contribution in [3.8, 4) is 5.75 Å². The highest BCUT2D eigenvalue weighted by molar-refractivity contribution is 5.73. The van der Waals surface area contributed by atoms with Gasteiger partial charge in [-0.25, -0.2) is 0 Å². The zero-order valence-electron chi connectivity index (χ0n) is 12.2. The molecule has 0 aliphatic carbocycles. The molecule has 1 atom stereocenters. The maximum atomic E-state index is 11.0. The number of rotatable bonds is 9. The number of nitrogens with zero attached hydrogens (tertiary/aromatic N) is 1. The number of hydrogen-bond donors (Lipinski definition) is 2. The van der Waals surface area contributed by atoms with E-state index in [1.165, 1.54) is 12.1 Å². The summed E-state index contributed by atoms with van der Waals surface area (Å²) in [6.45, 7) is 4.39. The Morgan fingerprint density at radius 1 is 1.52 bits per heavy atom. The van der Waals surface area contributed by atoms with E-state index in [-0.39, 0.29) is 24.5 Å². The van der Waals surface area contributed by atoms with Crippen LogP contribution in [0.4, 0.5) is 5.69 Å². The summed E-state index contributed by atoms with van der Waals surface area (Å²) in [5.74, 6) is -0.796. The summed E-state index contributed by atoms with van der Waals surface area (Å²) in [5.41, 5.74) is 0.658. The first-order chi connectivity index (χ1) is 9.95. The molecule has 0 saturated carbocycles. The van der Waals surface area contributed by atoms with Gasteiger partial charge in [0.2, 0.25) is 0 Å². The predicted octanol–water partition coefficient (Wildman–Crippen LogP) is 2.12. The summed E-state index contributed by atoms with van der Waals surface area (Å²) >= 11 is 0. The number of nitro benzene ring substituents is 1. The lowest BCUT2D eigenvalue weighted by molar-refractivity contribution is -0.385. The van der Waals surface area contributed by atoms with E-state index in [4.69, 9.17) is 9.84 Å². The lowest BCUT2D eigenvalue weighted by atomic mass is 10.2.